The molecule has 0 radical (unpaired) electrons. The van der Waals surface area contributed by atoms with Gasteiger partial charge in [0.05, 0.1) is 4.90 Å². The Bertz CT molecular complexity index is 764. The normalized spacial score (nSPS) is 12.7. The topological polar surface area (TPSA) is 67.4 Å². The molecule has 0 amide bonds. The lowest BCUT2D eigenvalue weighted by atomic mass is 10.2. The Hall–Kier alpha value is -1.89. The SMILES string of the molecule is CCNCCCNCc1ccccc1S(=O)(=O)C(C)Oc1ccccc1. The summed E-state index contributed by atoms with van der Waals surface area (Å²) >= 11 is 0. The molecule has 0 heterocycles. The van der Waals surface area contributed by atoms with Crippen molar-refractivity contribution >= 4 is 9.84 Å². The molecule has 0 aliphatic rings. The highest BCUT2D eigenvalue weighted by molar-refractivity contribution is 7.92. The molecule has 142 valence electrons. The van der Waals surface area contributed by atoms with Crippen molar-refractivity contribution in [2.45, 2.75) is 37.1 Å². The lowest BCUT2D eigenvalue weighted by Crippen LogP contribution is -2.27. The van der Waals surface area contributed by atoms with E-state index in [2.05, 4.69) is 17.6 Å². The van der Waals surface area contributed by atoms with Crippen LogP contribution in [0.2, 0.25) is 0 Å². The standard InChI is InChI=1S/C20H28N2O3S/c1-3-21-14-9-15-22-16-18-10-7-8-13-20(18)26(23,24)17(2)25-19-11-5-4-6-12-19/h4-8,10-13,17,21-22H,3,9,14-16H2,1-2H3. The first-order valence-corrected chi connectivity index (χ1v) is 10.5. The highest BCUT2D eigenvalue weighted by atomic mass is 32.2. The second-order valence-electron chi connectivity index (χ2n) is 6.04. The number of sulfone groups is 1. The number of nitrogens with one attached hydrogen (secondary N) is 2. The molecule has 2 N–H and O–H groups in total. The molecular weight excluding hydrogens is 348 g/mol. The minimum Gasteiger partial charge on any atom is -0.474 e. The minimum atomic E-state index is -3.59. The molecule has 0 saturated heterocycles. The first-order valence-electron chi connectivity index (χ1n) is 9.00. The Morgan fingerprint density at radius 2 is 1.62 bits per heavy atom. The average molecular weight is 377 g/mol. The maximum Gasteiger partial charge on any atom is 0.216 e. The molecule has 0 aliphatic heterocycles. The van der Waals surface area contributed by atoms with Gasteiger partial charge in [0.1, 0.15) is 5.75 Å². The van der Waals surface area contributed by atoms with Crippen LogP contribution in [-0.2, 0) is 16.4 Å². The van der Waals surface area contributed by atoms with Gasteiger partial charge in [0.25, 0.3) is 0 Å². The largest absolute Gasteiger partial charge is 0.474 e. The fraction of sp³-hybridized carbons (Fsp3) is 0.400. The van der Waals surface area contributed by atoms with Gasteiger partial charge in [0.2, 0.25) is 15.3 Å². The van der Waals surface area contributed by atoms with E-state index in [1.807, 2.05) is 30.3 Å². The minimum absolute atomic E-state index is 0.322. The molecule has 0 saturated carbocycles. The van der Waals surface area contributed by atoms with Crippen molar-refractivity contribution < 1.29 is 13.2 Å². The van der Waals surface area contributed by atoms with E-state index in [0.29, 0.717) is 17.2 Å². The lowest BCUT2D eigenvalue weighted by molar-refractivity contribution is 0.292. The molecule has 26 heavy (non-hydrogen) atoms. The third-order valence-corrected chi connectivity index (χ3v) is 6.02. The van der Waals surface area contributed by atoms with Crippen LogP contribution in [0, 0.1) is 0 Å². The molecule has 0 aromatic heterocycles. The third kappa shape index (κ3) is 5.83. The highest BCUT2D eigenvalue weighted by Crippen LogP contribution is 2.23. The van der Waals surface area contributed by atoms with Crippen LogP contribution in [0.25, 0.3) is 0 Å². The summed E-state index contributed by atoms with van der Waals surface area (Å²) in [4.78, 5) is 0.322. The molecule has 1 atom stereocenters. The Morgan fingerprint density at radius 1 is 0.962 bits per heavy atom. The summed E-state index contributed by atoms with van der Waals surface area (Å²) in [5.41, 5.74) is -0.195. The summed E-state index contributed by atoms with van der Waals surface area (Å²) in [5, 5.41) is 6.58. The predicted octanol–water partition coefficient (Wildman–Crippen LogP) is 2.97. The van der Waals surface area contributed by atoms with E-state index in [9.17, 15) is 8.42 Å². The van der Waals surface area contributed by atoms with E-state index in [1.165, 1.54) is 0 Å². The van der Waals surface area contributed by atoms with Gasteiger partial charge in [0, 0.05) is 6.54 Å². The quantitative estimate of drug-likeness (QED) is 0.590. The predicted molar refractivity (Wildman–Crippen MR) is 105 cm³/mol. The molecular formula is C20H28N2O3S. The second-order valence-corrected chi connectivity index (χ2v) is 8.23. The zero-order valence-electron chi connectivity index (χ0n) is 15.4. The smallest absolute Gasteiger partial charge is 0.216 e. The molecule has 2 aromatic rings. The Balaban J connectivity index is 2.04. The van der Waals surface area contributed by atoms with Crippen LogP contribution in [0.1, 0.15) is 25.8 Å². The first kappa shape index (κ1) is 20.4. The molecule has 0 spiro atoms. The zero-order chi connectivity index (χ0) is 18.8. The van der Waals surface area contributed by atoms with Gasteiger partial charge in [-0.15, -0.1) is 0 Å². The number of para-hydroxylation sites is 1. The maximum absolute atomic E-state index is 13.0. The van der Waals surface area contributed by atoms with Gasteiger partial charge in [-0.25, -0.2) is 8.42 Å². The van der Waals surface area contributed by atoms with Gasteiger partial charge in [-0.05, 0) is 56.7 Å². The van der Waals surface area contributed by atoms with Crippen LogP contribution >= 0.6 is 0 Å². The Morgan fingerprint density at radius 3 is 2.35 bits per heavy atom. The van der Waals surface area contributed by atoms with E-state index in [0.717, 1.165) is 31.6 Å². The van der Waals surface area contributed by atoms with Crippen molar-refractivity contribution in [2.24, 2.45) is 0 Å². The number of hydrogen-bond donors (Lipinski definition) is 2. The summed E-state index contributed by atoms with van der Waals surface area (Å²) in [6.07, 6.45) is 0.996. The van der Waals surface area contributed by atoms with Crippen molar-refractivity contribution in [3.05, 3.63) is 60.2 Å². The van der Waals surface area contributed by atoms with Gasteiger partial charge < -0.3 is 15.4 Å². The number of rotatable bonds is 11. The van der Waals surface area contributed by atoms with Crippen LogP contribution in [0.3, 0.4) is 0 Å². The van der Waals surface area contributed by atoms with Crippen LogP contribution in [0.15, 0.2) is 59.5 Å². The lowest BCUT2D eigenvalue weighted by Gasteiger charge is -2.18. The van der Waals surface area contributed by atoms with Crippen molar-refractivity contribution in [1.82, 2.24) is 10.6 Å². The van der Waals surface area contributed by atoms with E-state index >= 15 is 0 Å². The Kier molecular flexibility index (Phi) is 8.09. The first-order chi connectivity index (χ1) is 12.6. The van der Waals surface area contributed by atoms with Crippen LogP contribution in [0.4, 0.5) is 0 Å². The van der Waals surface area contributed by atoms with E-state index in [4.69, 9.17) is 4.74 Å². The number of benzene rings is 2. The fourth-order valence-electron chi connectivity index (χ4n) is 2.60. The van der Waals surface area contributed by atoms with Crippen LogP contribution in [0.5, 0.6) is 5.75 Å². The molecule has 5 nitrogen and oxygen atoms in total. The molecule has 6 heteroatoms. The number of ether oxygens (including phenoxy) is 1. The monoisotopic (exact) mass is 376 g/mol. The van der Waals surface area contributed by atoms with Gasteiger partial charge in [-0.2, -0.15) is 0 Å². The molecule has 2 aromatic carbocycles. The van der Waals surface area contributed by atoms with E-state index < -0.39 is 15.3 Å². The van der Waals surface area contributed by atoms with Crippen molar-refractivity contribution in [3.63, 3.8) is 0 Å². The molecule has 0 aliphatic carbocycles. The molecule has 2 rings (SSSR count). The van der Waals surface area contributed by atoms with Crippen molar-refractivity contribution in [1.29, 1.82) is 0 Å². The summed E-state index contributed by atoms with van der Waals surface area (Å²) in [6.45, 7) is 6.90. The van der Waals surface area contributed by atoms with Gasteiger partial charge in [-0.3, -0.25) is 0 Å². The zero-order valence-corrected chi connectivity index (χ0v) is 16.3. The van der Waals surface area contributed by atoms with Crippen molar-refractivity contribution in [2.75, 3.05) is 19.6 Å². The van der Waals surface area contributed by atoms with Crippen LogP contribution < -0.4 is 15.4 Å². The van der Waals surface area contributed by atoms with Crippen LogP contribution in [-0.4, -0.2) is 33.5 Å². The average Bonchev–Trinajstić information content (AvgIpc) is 2.65. The number of hydrogen-bond acceptors (Lipinski definition) is 5. The van der Waals surface area contributed by atoms with Gasteiger partial charge in [0.15, 0.2) is 0 Å². The fourth-order valence-corrected chi connectivity index (χ4v) is 3.97. The summed E-state index contributed by atoms with van der Waals surface area (Å²) in [6, 6.07) is 16.1. The van der Waals surface area contributed by atoms with E-state index in [1.54, 1.807) is 31.2 Å². The van der Waals surface area contributed by atoms with Gasteiger partial charge >= 0.3 is 0 Å². The molecule has 0 bridgehead atoms. The summed E-state index contributed by atoms with van der Waals surface area (Å²) in [5.74, 6) is 0.544. The maximum atomic E-state index is 13.0. The van der Waals surface area contributed by atoms with E-state index in [-0.39, 0.29) is 0 Å². The molecule has 0 fully saturated rings. The highest BCUT2D eigenvalue weighted by Gasteiger charge is 2.27. The second kappa shape index (κ2) is 10.3. The Labute approximate surface area is 156 Å². The summed E-state index contributed by atoms with van der Waals surface area (Å²) < 4.78 is 31.6. The van der Waals surface area contributed by atoms with Crippen molar-refractivity contribution in [3.8, 4) is 5.75 Å². The third-order valence-electron chi connectivity index (χ3n) is 4.03. The summed E-state index contributed by atoms with van der Waals surface area (Å²) in [7, 11) is -3.59. The molecule has 1 unspecified atom stereocenters. The van der Waals surface area contributed by atoms with Gasteiger partial charge in [-0.1, -0.05) is 43.3 Å².